The van der Waals surface area contributed by atoms with Gasteiger partial charge in [0.05, 0.1) is 12.2 Å². The van der Waals surface area contributed by atoms with Crippen LogP contribution < -0.4 is 0 Å². The van der Waals surface area contributed by atoms with E-state index in [1.54, 1.807) is 20.8 Å². The number of esters is 1. The van der Waals surface area contributed by atoms with Gasteiger partial charge in [0.2, 0.25) is 0 Å². The van der Waals surface area contributed by atoms with E-state index in [2.05, 4.69) is 0 Å². The Kier molecular flexibility index (Phi) is 5.61. The van der Waals surface area contributed by atoms with E-state index in [1.165, 1.54) is 6.92 Å². The Hall–Kier alpha value is -1.10. The van der Waals surface area contributed by atoms with Gasteiger partial charge in [-0.15, -0.1) is 0 Å². The molecule has 0 radical (unpaired) electrons. The number of carbonyl (C=O) groups is 2. The molecule has 2 unspecified atom stereocenters. The van der Waals surface area contributed by atoms with Crippen LogP contribution in [0.4, 0.5) is 0 Å². The van der Waals surface area contributed by atoms with Gasteiger partial charge in [-0.2, -0.15) is 0 Å². The smallest absolute Gasteiger partial charge is 0.323 e. The second kappa shape index (κ2) is 6.00. The molecule has 5 nitrogen and oxygen atoms in total. The van der Waals surface area contributed by atoms with Crippen LogP contribution in [0.1, 0.15) is 47.0 Å². The second-order valence-electron chi connectivity index (χ2n) is 4.49. The normalized spacial score (nSPS) is 17.9. The summed E-state index contributed by atoms with van der Waals surface area (Å²) in [4.78, 5) is 23.2. The highest BCUT2D eigenvalue weighted by molar-refractivity contribution is 5.99. The van der Waals surface area contributed by atoms with E-state index < -0.39 is 23.0 Å². The molecule has 0 aliphatic rings. The summed E-state index contributed by atoms with van der Waals surface area (Å²) in [6, 6.07) is 0. The highest BCUT2D eigenvalue weighted by Crippen LogP contribution is 2.35. The van der Waals surface area contributed by atoms with E-state index in [-0.39, 0.29) is 19.4 Å². The van der Waals surface area contributed by atoms with Crippen LogP contribution >= 0.6 is 0 Å². The second-order valence-corrected chi connectivity index (χ2v) is 4.49. The lowest BCUT2D eigenvalue weighted by Gasteiger charge is -2.33. The average molecular weight is 246 g/mol. The predicted molar refractivity (Wildman–Crippen MR) is 62.5 cm³/mol. The zero-order valence-corrected chi connectivity index (χ0v) is 10.9. The van der Waals surface area contributed by atoms with E-state index in [0.717, 1.165) is 0 Å². The maximum Gasteiger partial charge on any atom is 0.323 e. The number of hydrogen-bond acceptors (Lipinski definition) is 4. The monoisotopic (exact) mass is 246 g/mol. The molecule has 2 atom stereocenters. The minimum atomic E-state index is -1.66. The zero-order chi connectivity index (χ0) is 13.7. The summed E-state index contributed by atoms with van der Waals surface area (Å²) in [5.74, 6) is -2.02. The molecule has 0 heterocycles. The summed E-state index contributed by atoms with van der Waals surface area (Å²) in [5, 5.41) is 19.3. The highest BCUT2D eigenvalue weighted by atomic mass is 16.5. The van der Waals surface area contributed by atoms with Crippen molar-refractivity contribution in [2.24, 2.45) is 5.41 Å². The van der Waals surface area contributed by atoms with Crippen LogP contribution in [-0.2, 0) is 14.3 Å². The lowest BCUT2D eigenvalue weighted by atomic mass is 9.75. The molecule has 0 aromatic heterocycles. The number of carboxylic acids is 1. The van der Waals surface area contributed by atoms with Crippen molar-refractivity contribution in [3.8, 4) is 0 Å². The topological polar surface area (TPSA) is 83.8 Å². The van der Waals surface area contributed by atoms with Gasteiger partial charge in [0.15, 0.2) is 5.41 Å². The van der Waals surface area contributed by atoms with Crippen molar-refractivity contribution in [1.82, 2.24) is 0 Å². The minimum absolute atomic E-state index is 0.0946. The fraction of sp³-hybridized carbons (Fsp3) is 0.833. The molecule has 0 spiro atoms. The van der Waals surface area contributed by atoms with Crippen LogP contribution in [0.3, 0.4) is 0 Å². The van der Waals surface area contributed by atoms with E-state index in [9.17, 15) is 19.8 Å². The third kappa shape index (κ3) is 3.70. The van der Waals surface area contributed by atoms with Crippen LogP contribution in [0.2, 0.25) is 0 Å². The van der Waals surface area contributed by atoms with Crippen molar-refractivity contribution in [2.45, 2.75) is 52.6 Å². The van der Waals surface area contributed by atoms with Crippen LogP contribution in [0.25, 0.3) is 0 Å². The lowest BCUT2D eigenvalue weighted by molar-refractivity contribution is -0.174. The first-order valence-corrected chi connectivity index (χ1v) is 5.88. The van der Waals surface area contributed by atoms with Gasteiger partial charge in [0.25, 0.3) is 0 Å². The molecular weight excluding hydrogens is 224 g/mol. The van der Waals surface area contributed by atoms with Gasteiger partial charge in [-0.25, -0.2) is 0 Å². The summed E-state index contributed by atoms with van der Waals surface area (Å²) in [6.07, 6.45) is 0.333. The maximum atomic E-state index is 11.8. The Morgan fingerprint density at radius 1 is 1.18 bits per heavy atom. The standard InChI is InChI=1S/C12H22O5/c1-5-11(4,16)8-12(6-2,9(13)14)10(15)17-7-3/h16H,5-8H2,1-4H3,(H,13,14). The Bertz CT molecular complexity index is 285. The summed E-state index contributed by atoms with van der Waals surface area (Å²) < 4.78 is 4.82. The number of aliphatic hydroxyl groups is 1. The molecular formula is C12H22O5. The van der Waals surface area contributed by atoms with E-state index in [4.69, 9.17) is 4.74 Å². The molecule has 0 bridgehead atoms. The maximum absolute atomic E-state index is 11.8. The van der Waals surface area contributed by atoms with Gasteiger partial charge in [0.1, 0.15) is 0 Å². The summed E-state index contributed by atoms with van der Waals surface area (Å²) in [5.41, 5.74) is -2.85. The lowest BCUT2D eigenvalue weighted by Crippen LogP contribution is -2.46. The first kappa shape index (κ1) is 15.9. The van der Waals surface area contributed by atoms with Crippen molar-refractivity contribution in [3.05, 3.63) is 0 Å². The van der Waals surface area contributed by atoms with Crippen molar-refractivity contribution in [1.29, 1.82) is 0 Å². The number of hydrogen-bond donors (Lipinski definition) is 2. The zero-order valence-electron chi connectivity index (χ0n) is 10.9. The number of carboxylic acid groups (broad SMARTS) is 1. The van der Waals surface area contributed by atoms with E-state index in [1.807, 2.05) is 0 Å². The fourth-order valence-electron chi connectivity index (χ4n) is 1.70. The largest absolute Gasteiger partial charge is 0.480 e. The van der Waals surface area contributed by atoms with E-state index in [0.29, 0.717) is 6.42 Å². The van der Waals surface area contributed by atoms with Gasteiger partial charge in [-0.1, -0.05) is 13.8 Å². The first-order valence-electron chi connectivity index (χ1n) is 5.88. The summed E-state index contributed by atoms with van der Waals surface area (Å²) in [6.45, 7) is 6.63. The average Bonchev–Trinajstić information content (AvgIpc) is 2.25. The molecule has 100 valence electrons. The molecule has 0 aliphatic carbocycles. The van der Waals surface area contributed by atoms with E-state index >= 15 is 0 Å². The third-order valence-electron chi connectivity index (χ3n) is 3.12. The highest BCUT2D eigenvalue weighted by Gasteiger charge is 2.49. The SMILES string of the molecule is CCOC(=O)C(CC)(CC(C)(O)CC)C(=O)O. The summed E-state index contributed by atoms with van der Waals surface area (Å²) in [7, 11) is 0. The van der Waals surface area contributed by atoms with Gasteiger partial charge >= 0.3 is 11.9 Å². The Labute approximate surface area is 102 Å². The van der Waals surface area contributed by atoms with Crippen LogP contribution in [-0.4, -0.2) is 34.4 Å². The van der Waals surface area contributed by atoms with Crippen LogP contribution in [0.5, 0.6) is 0 Å². The molecule has 0 saturated heterocycles. The molecule has 0 saturated carbocycles. The van der Waals surface area contributed by atoms with Gasteiger partial charge in [-0.05, 0) is 26.7 Å². The van der Waals surface area contributed by atoms with Gasteiger partial charge < -0.3 is 14.9 Å². The molecule has 0 fully saturated rings. The quantitative estimate of drug-likeness (QED) is 0.526. The van der Waals surface area contributed by atoms with Crippen molar-refractivity contribution >= 4 is 11.9 Å². The van der Waals surface area contributed by atoms with Crippen LogP contribution in [0.15, 0.2) is 0 Å². The number of rotatable bonds is 7. The third-order valence-corrected chi connectivity index (χ3v) is 3.12. The molecule has 0 aliphatic heterocycles. The Balaban J connectivity index is 5.23. The minimum Gasteiger partial charge on any atom is -0.480 e. The van der Waals surface area contributed by atoms with Crippen molar-refractivity contribution in [2.75, 3.05) is 6.61 Å². The molecule has 0 rings (SSSR count). The van der Waals surface area contributed by atoms with Crippen LogP contribution in [0, 0.1) is 5.41 Å². The number of aliphatic carboxylic acids is 1. The Morgan fingerprint density at radius 2 is 1.71 bits per heavy atom. The molecule has 0 amide bonds. The fourth-order valence-corrected chi connectivity index (χ4v) is 1.70. The first-order chi connectivity index (χ1) is 7.75. The van der Waals surface area contributed by atoms with Crippen molar-refractivity contribution < 1.29 is 24.5 Å². The predicted octanol–water partition coefficient (Wildman–Crippen LogP) is 1.58. The number of carbonyl (C=O) groups excluding carboxylic acids is 1. The molecule has 17 heavy (non-hydrogen) atoms. The molecule has 5 heteroatoms. The van der Waals surface area contributed by atoms with Gasteiger partial charge in [-0.3, -0.25) is 9.59 Å². The molecule has 0 aromatic carbocycles. The number of ether oxygens (including phenoxy) is 1. The molecule has 0 aromatic rings. The van der Waals surface area contributed by atoms with Crippen molar-refractivity contribution in [3.63, 3.8) is 0 Å². The van der Waals surface area contributed by atoms with Gasteiger partial charge in [0, 0.05) is 6.42 Å². The Morgan fingerprint density at radius 3 is 2.00 bits per heavy atom. The molecule has 2 N–H and O–H groups in total. The summed E-state index contributed by atoms with van der Waals surface area (Å²) >= 11 is 0.